The average Bonchev–Trinajstić information content (AvgIpc) is 2.33. The lowest BCUT2D eigenvalue weighted by atomic mass is 10.0. The lowest BCUT2D eigenvalue weighted by Gasteiger charge is -2.20. The Balaban J connectivity index is 2.96. The summed E-state index contributed by atoms with van der Waals surface area (Å²) in [4.78, 5) is 10.6. The van der Waals surface area contributed by atoms with Crippen LogP contribution in [0, 0.1) is 17.6 Å². The van der Waals surface area contributed by atoms with Gasteiger partial charge in [-0.25, -0.2) is 13.6 Å². The van der Waals surface area contributed by atoms with Gasteiger partial charge in [-0.3, -0.25) is 0 Å². The summed E-state index contributed by atoms with van der Waals surface area (Å²) in [5, 5.41) is 20.5. The lowest BCUT2D eigenvalue weighted by Crippen LogP contribution is -2.26. The molecule has 0 heterocycles. The number of carboxylic acids is 1. The van der Waals surface area contributed by atoms with Gasteiger partial charge in [-0.15, -0.1) is 0 Å². The topological polar surface area (TPSA) is 69.6 Å². The molecule has 0 fully saturated rings. The van der Waals surface area contributed by atoms with E-state index in [1.54, 1.807) is 0 Å². The molecule has 0 saturated heterocycles. The molecular weight excluding hydrogens is 256 g/mol. The number of aliphatic hydroxyl groups is 1. The van der Waals surface area contributed by atoms with Crippen LogP contribution >= 0.6 is 0 Å². The van der Waals surface area contributed by atoms with Crippen LogP contribution in [0.2, 0.25) is 0 Å². The molecule has 4 nitrogen and oxygen atoms in total. The summed E-state index contributed by atoms with van der Waals surface area (Å²) >= 11 is 0. The smallest absolute Gasteiger partial charge is 0.338 e. The normalized spacial score (nSPS) is 12.5. The maximum atomic E-state index is 13.7. The van der Waals surface area contributed by atoms with Crippen LogP contribution in [0.4, 0.5) is 14.5 Å². The number of aliphatic hydroxyl groups excluding tert-OH is 1. The summed E-state index contributed by atoms with van der Waals surface area (Å²) in [7, 11) is 0. The molecule has 3 N–H and O–H groups in total. The van der Waals surface area contributed by atoms with Gasteiger partial charge in [0, 0.05) is 6.04 Å². The fourth-order valence-corrected chi connectivity index (χ4v) is 1.79. The van der Waals surface area contributed by atoms with Crippen LogP contribution in [0.1, 0.15) is 30.6 Å². The standard InChI is InChI=1S/C13H17F2NO3/c1-7(2)5-8(6-17)16-10-4-3-9(13(18)19)11(14)12(10)15/h3-4,7-8,16-17H,5-6H2,1-2H3,(H,18,19). The molecule has 1 atom stereocenters. The summed E-state index contributed by atoms with van der Waals surface area (Å²) in [6.45, 7) is 3.66. The van der Waals surface area contributed by atoms with E-state index in [0.29, 0.717) is 6.42 Å². The predicted molar refractivity (Wildman–Crippen MR) is 67.3 cm³/mol. The van der Waals surface area contributed by atoms with Crippen LogP contribution in [-0.2, 0) is 0 Å². The lowest BCUT2D eigenvalue weighted by molar-refractivity contribution is 0.0690. The third-order valence-corrected chi connectivity index (χ3v) is 2.65. The molecule has 0 radical (unpaired) electrons. The van der Waals surface area contributed by atoms with Crippen molar-refractivity contribution >= 4 is 11.7 Å². The fourth-order valence-electron chi connectivity index (χ4n) is 1.79. The molecule has 0 saturated carbocycles. The number of hydrogen-bond donors (Lipinski definition) is 3. The zero-order valence-corrected chi connectivity index (χ0v) is 10.8. The molecule has 1 aromatic carbocycles. The minimum atomic E-state index is -1.52. The summed E-state index contributed by atoms with van der Waals surface area (Å²) in [6, 6.07) is 1.74. The van der Waals surface area contributed by atoms with Gasteiger partial charge in [0.2, 0.25) is 0 Å². The van der Waals surface area contributed by atoms with Gasteiger partial charge in [-0.05, 0) is 24.5 Å². The Bertz CT molecular complexity index is 463. The van der Waals surface area contributed by atoms with E-state index in [4.69, 9.17) is 10.2 Å². The Kier molecular flexibility index (Phi) is 5.23. The second kappa shape index (κ2) is 6.47. The predicted octanol–water partition coefficient (Wildman–Crippen LogP) is 2.48. The molecule has 0 aliphatic heterocycles. The van der Waals surface area contributed by atoms with Crippen molar-refractivity contribution in [3.63, 3.8) is 0 Å². The summed E-state index contributed by atoms with van der Waals surface area (Å²) < 4.78 is 27.1. The minimum Gasteiger partial charge on any atom is -0.478 e. The van der Waals surface area contributed by atoms with Crippen LogP contribution in [0.3, 0.4) is 0 Å². The maximum absolute atomic E-state index is 13.7. The fraction of sp³-hybridized carbons (Fsp3) is 0.462. The molecule has 1 unspecified atom stereocenters. The van der Waals surface area contributed by atoms with Crippen molar-refractivity contribution in [1.82, 2.24) is 0 Å². The average molecular weight is 273 g/mol. The van der Waals surface area contributed by atoms with E-state index in [0.717, 1.165) is 12.1 Å². The molecule has 0 aliphatic rings. The summed E-state index contributed by atoms with van der Waals surface area (Å²) in [5.41, 5.74) is -0.866. The highest BCUT2D eigenvalue weighted by molar-refractivity contribution is 5.88. The highest BCUT2D eigenvalue weighted by Crippen LogP contribution is 2.22. The molecule has 0 amide bonds. The highest BCUT2D eigenvalue weighted by Gasteiger charge is 2.19. The van der Waals surface area contributed by atoms with E-state index in [9.17, 15) is 13.6 Å². The number of aromatic carboxylic acids is 1. The largest absolute Gasteiger partial charge is 0.478 e. The molecule has 0 bridgehead atoms. The molecule has 106 valence electrons. The quantitative estimate of drug-likeness (QED) is 0.744. The minimum absolute atomic E-state index is 0.151. The number of anilines is 1. The second-order valence-corrected chi connectivity index (χ2v) is 4.75. The van der Waals surface area contributed by atoms with Gasteiger partial charge < -0.3 is 15.5 Å². The van der Waals surface area contributed by atoms with E-state index in [-0.39, 0.29) is 18.2 Å². The van der Waals surface area contributed by atoms with Crippen molar-refractivity contribution in [3.8, 4) is 0 Å². The van der Waals surface area contributed by atoms with Crippen molar-refractivity contribution in [3.05, 3.63) is 29.3 Å². The van der Waals surface area contributed by atoms with Crippen molar-refractivity contribution in [1.29, 1.82) is 0 Å². The first-order chi connectivity index (χ1) is 8.86. The van der Waals surface area contributed by atoms with Crippen molar-refractivity contribution in [2.45, 2.75) is 26.3 Å². The highest BCUT2D eigenvalue weighted by atomic mass is 19.2. The maximum Gasteiger partial charge on any atom is 0.338 e. The molecular formula is C13H17F2NO3. The number of benzene rings is 1. The number of carbonyl (C=O) groups is 1. The van der Waals surface area contributed by atoms with Gasteiger partial charge in [0.05, 0.1) is 17.9 Å². The third-order valence-electron chi connectivity index (χ3n) is 2.65. The first-order valence-electron chi connectivity index (χ1n) is 5.95. The van der Waals surface area contributed by atoms with Crippen molar-refractivity contribution < 1.29 is 23.8 Å². The zero-order chi connectivity index (χ0) is 14.6. The number of hydrogen-bond acceptors (Lipinski definition) is 3. The molecule has 1 rings (SSSR count). The van der Waals surface area contributed by atoms with Crippen LogP contribution in [0.15, 0.2) is 12.1 Å². The molecule has 19 heavy (non-hydrogen) atoms. The Hall–Kier alpha value is -1.69. The monoisotopic (exact) mass is 273 g/mol. The summed E-state index contributed by atoms with van der Waals surface area (Å²) in [6.07, 6.45) is 0.582. The van der Waals surface area contributed by atoms with E-state index < -0.39 is 29.2 Å². The van der Waals surface area contributed by atoms with Gasteiger partial charge in [-0.1, -0.05) is 13.8 Å². The van der Waals surface area contributed by atoms with E-state index in [2.05, 4.69) is 5.32 Å². The van der Waals surface area contributed by atoms with Gasteiger partial charge in [0.1, 0.15) is 0 Å². The van der Waals surface area contributed by atoms with Crippen LogP contribution in [0.25, 0.3) is 0 Å². The SMILES string of the molecule is CC(C)CC(CO)Nc1ccc(C(=O)O)c(F)c1F. The van der Waals surface area contributed by atoms with Gasteiger partial charge >= 0.3 is 5.97 Å². The molecule has 1 aromatic rings. The van der Waals surface area contributed by atoms with Gasteiger partial charge in [0.15, 0.2) is 11.6 Å². The summed E-state index contributed by atoms with van der Waals surface area (Å²) in [5.74, 6) is -3.90. The van der Waals surface area contributed by atoms with Crippen LogP contribution < -0.4 is 5.32 Å². The zero-order valence-electron chi connectivity index (χ0n) is 10.8. The molecule has 6 heteroatoms. The Morgan fingerprint density at radius 2 is 1.95 bits per heavy atom. The first-order valence-corrected chi connectivity index (χ1v) is 5.95. The molecule has 0 aliphatic carbocycles. The number of halogens is 2. The van der Waals surface area contributed by atoms with Crippen molar-refractivity contribution in [2.24, 2.45) is 5.92 Å². The molecule has 0 spiro atoms. The number of rotatable bonds is 6. The van der Waals surface area contributed by atoms with E-state index in [1.165, 1.54) is 0 Å². The Morgan fingerprint density at radius 3 is 2.42 bits per heavy atom. The number of nitrogens with one attached hydrogen (secondary N) is 1. The van der Waals surface area contributed by atoms with Gasteiger partial charge in [0.25, 0.3) is 0 Å². The van der Waals surface area contributed by atoms with Crippen molar-refractivity contribution in [2.75, 3.05) is 11.9 Å². The number of carboxylic acid groups (broad SMARTS) is 1. The van der Waals surface area contributed by atoms with E-state index >= 15 is 0 Å². The van der Waals surface area contributed by atoms with Crippen LogP contribution in [0.5, 0.6) is 0 Å². The Labute approximate surface area is 110 Å². The Morgan fingerprint density at radius 1 is 1.32 bits per heavy atom. The first kappa shape index (κ1) is 15.4. The van der Waals surface area contributed by atoms with Crippen LogP contribution in [-0.4, -0.2) is 28.8 Å². The second-order valence-electron chi connectivity index (χ2n) is 4.75. The van der Waals surface area contributed by atoms with Gasteiger partial charge in [-0.2, -0.15) is 0 Å². The van der Waals surface area contributed by atoms with E-state index in [1.807, 2.05) is 13.8 Å². The molecule has 0 aromatic heterocycles. The third kappa shape index (κ3) is 3.89.